The number of aromatic hydroxyl groups is 2. The highest BCUT2D eigenvalue weighted by molar-refractivity contribution is 6.04. The molecule has 1 aliphatic heterocycles. The van der Waals surface area contributed by atoms with Crippen LogP contribution in [0.4, 0.5) is 0 Å². The lowest BCUT2D eigenvalue weighted by molar-refractivity contribution is 0.174. The summed E-state index contributed by atoms with van der Waals surface area (Å²) < 4.78 is 10.7. The zero-order valence-electron chi connectivity index (χ0n) is 13.6. The number of rotatable bonds is 4. The van der Waals surface area contributed by atoms with Gasteiger partial charge in [0.2, 0.25) is 6.79 Å². The molecule has 1 aliphatic rings. The van der Waals surface area contributed by atoms with E-state index in [0.29, 0.717) is 29.2 Å². The van der Waals surface area contributed by atoms with Gasteiger partial charge in [0, 0.05) is 18.1 Å². The highest BCUT2D eigenvalue weighted by Gasteiger charge is 2.18. The Hall–Kier alpha value is -2.89. The van der Waals surface area contributed by atoms with Gasteiger partial charge in [0.25, 0.3) is 0 Å². The summed E-state index contributed by atoms with van der Waals surface area (Å²) in [5.41, 5.74) is 2.70. The van der Waals surface area contributed by atoms with Crippen molar-refractivity contribution in [3.8, 4) is 23.0 Å². The summed E-state index contributed by atoms with van der Waals surface area (Å²) in [5, 5.41) is 24.0. The molecule has 0 atom stereocenters. The number of phenols is 2. The van der Waals surface area contributed by atoms with Crippen molar-refractivity contribution in [1.82, 2.24) is 0 Å². The molecule has 0 spiro atoms. The number of nitrogens with zero attached hydrogens (tertiary/aromatic N) is 1. The molecule has 126 valence electrons. The van der Waals surface area contributed by atoms with E-state index in [1.165, 1.54) is 6.07 Å². The maximum atomic E-state index is 10.2. The monoisotopic (exact) mass is 328 g/mol. The first kappa shape index (κ1) is 16.0. The third kappa shape index (κ3) is 2.95. The lowest BCUT2D eigenvalue weighted by Gasteiger charge is -2.14. The lowest BCUT2D eigenvalue weighted by atomic mass is 9.94. The predicted molar refractivity (Wildman–Crippen MR) is 90.9 cm³/mol. The van der Waals surface area contributed by atoms with Gasteiger partial charge >= 0.3 is 0 Å². The van der Waals surface area contributed by atoms with E-state index in [-0.39, 0.29) is 24.2 Å². The van der Waals surface area contributed by atoms with Gasteiger partial charge in [-0.3, -0.25) is 0 Å². The summed E-state index contributed by atoms with van der Waals surface area (Å²) in [6, 6.07) is 8.67. The van der Waals surface area contributed by atoms with Gasteiger partial charge < -0.3 is 25.5 Å². The van der Waals surface area contributed by atoms with E-state index in [1.54, 1.807) is 6.07 Å². The molecule has 0 bridgehead atoms. The van der Waals surface area contributed by atoms with E-state index in [4.69, 9.17) is 15.3 Å². The van der Waals surface area contributed by atoms with Gasteiger partial charge in [0.05, 0.1) is 5.71 Å². The number of hydrazone groups is 1. The first-order chi connectivity index (χ1) is 11.5. The highest BCUT2D eigenvalue weighted by atomic mass is 16.7. The van der Waals surface area contributed by atoms with Crippen LogP contribution >= 0.6 is 0 Å². The van der Waals surface area contributed by atoms with Crippen molar-refractivity contribution in [3.63, 3.8) is 0 Å². The molecule has 1 heterocycles. The van der Waals surface area contributed by atoms with Crippen LogP contribution in [0.25, 0.3) is 0 Å². The fraction of sp³-hybridized carbons (Fsp3) is 0.278. The van der Waals surface area contributed by atoms with Crippen LogP contribution in [0.5, 0.6) is 23.0 Å². The molecule has 2 aromatic rings. The topological polar surface area (TPSA) is 97.3 Å². The third-order valence-electron chi connectivity index (χ3n) is 4.04. The third-order valence-corrected chi connectivity index (χ3v) is 4.04. The summed E-state index contributed by atoms with van der Waals surface area (Å²) in [6.45, 7) is 4.15. The Bertz CT molecular complexity index is 800. The summed E-state index contributed by atoms with van der Waals surface area (Å²) in [7, 11) is 0. The molecule has 0 amide bonds. The van der Waals surface area contributed by atoms with Crippen LogP contribution in [-0.4, -0.2) is 22.7 Å². The van der Waals surface area contributed by atoms with E-state index in [1.807, 2.05) is 32.0 Å². The van der Waals surface area contributed by atoms with E-state index in [0.717, 1.165) is 11.1 Å². The molecule has 0 unspecified atom stereocenters. The molecular weight excluding hydrogens is 308 g/mol. The number of hydrogen-bond acceptors (Lipinski definition) is 6. The minimum absolute atomic E-state index is 0.0538. The maximum absolute atomic E-state index is 10.2. The van der Waals surface area contributed by atoms with Crippen LogP contribution in [0.1, 0.15) is 36.5 Å². The molecule has 0 saturated heterocycles. The highest BCUT2D eigenvalue weighted by Crippen LogP contribution is 2.35. The van der Waals surface area contributed by atoms with E-state index >= 15 is 0 Å². The van der Waals surface area contributed by atoms with Crippen molar-refractivity contribution in [2.24, 2.45) is 10.9 Å². The second-order valence-electron chi connectivity index (χ2n) is 6.02. The predicted octanol–water partition coefficient (Wildman–Crippen LogP) is 2.86. The SMILES string of the molecule is CC(C)c1cc(/C(Cc2ccc3c(c2)OCO3)=N/N)c(O)cc1O. The number of benzene rings is 2. The van der Waals surface area contributed by atoms with Gasteiger partial charge in [-0.15, -0.1) is 0 Å². The second kappa shape index (κ2) is 6.31. The number of phenolic OH excluding ortho intramolecular Hbond substituents is 2. The average molecular weight is 328 g/mol. The van der Waals surface area contributed by atoms with Gasteiger partial charge in [-0.1, -0.05) is 19.9 Å². The minimum Gasteiger partial charge on any atom is -0.508 e. The van der Waals surface area contributed by atoms with Gasteiger partial charge in [-0.25, -0.2) is 0 Å². The first-order valence-corrected chi connectivity index (χ1v) is 7.71. The molecule has 0 saturated carbocycles. The Morgan fingerprint density at radius 2 is 1.88 bits per heavy atom. The first-order valence-electron chi connectivity index (χ1n) is 7.71. The van der Waals surface area contributed by atoms with Crippen LogP contribution < -0.4 is 15.3 Å². The fourth-order valence-electron chi connectivity index (χ4n) is 2.74. The summed E-state index contributed by atoms with van der Waals surface area (Å²) >= 11 is 0. The van der Waals surface area contributed by atoms with Crippen LogP contribution in [0.3, 0.4) is 0 Å². The Kier molecular flexibility index (Phi) is 4.20. The van der Waals surface area contributed by atoms with Gasteiger partial charge in [0.15, 0.2) is 11.5 Å². The van der Waals surface area contributed by atoms with Crippen molar-refractivity contribution >= 4 is 5.71 Å². The molecule has 4 N–H and O–H groups in total. The molecule has 2 aromatic carbocycles. The largest absolute Gasteiger partial charge is 0.508 e. The molecule has 0 radical (unpaired) electrons. The molecule has 6 heteroatoms. The second-order valence-corrected chi connectivity index (χ2v) is 6.02. The fourth-order valence-corrected chi connectivity index (χ4v) is 2.74. The Morgan fingerprint density at radius 3 is 2.58 bits per heavy atom. The van der Waals surface area contributed by atoms with Gasteiger partial charge in [-0.05, 0) is 35.2 Å². The summed E-state index contributed by atoms with van der Waals surface area (Å²) in [4.78, 5) is 0. The standard InChI is InChI=1S/C18H20N2O4/c1-10(2)12-7-13(16(22)8-15(12)21)14(20-19)5-11-3-4-17-18(6-11)24-9-23-17/h3-4,6-8,10,21-22H,5,9,19H2,1-2H3/b20-14+. The zero-order chi connectivity index (χ0) is 17.3. The van der Waals surface area contributed by atoms with Gasteiger partial charge in [-0.2, -0.15) is 5.10 Å². The van der Waals surface area contributed by atoms with Crippen molar-refractivity contribution in [2.45, 2.75) is 26.2 Å². The van der Waals surface area contributed by atoms with Crippen molar-refractivity contribution in [2.75, 3.05) is 6.79 Å². The molecule has 3 rings (SSSR count). The van der Waals surface area contributed by atoms with E-state index in [2.05, 4.69) is 5.10 Å². The van der Waals surface area contributed by atoms with E-state index < -0.39 is 0 Å². The number of nitrogens with two attached hydrogens (primary N) is 1. The molecule has 0 aliphatic carbocycles. The lowest BCUT2D eigenvalue weighted by Crippen LogP contribution is -2.09. The normalized spacial score (nSPS) is 13.5. The van der Waals surface area contributed by atoms with Crippen molar-refractivity contribution in [3.05, 3.63) is 47.0 Å². The van der Waals surface area contributed by atoms with Gasteiger partial charge in [0.1, 0.15) is 11.5 Å². The zero-order valence-corrected chi connectivity index (χ0v) is 13.6. The quantitative estimate of drug-likeness (QED) is 0.455. The average Bonchev–Trinajstić information content (AvgIpc) is 3.00. The Balaban J connectivity index is 1.94. The maximum Gasteiger partial charge on any atom is 0.231 e. The Labute approximate surface area is 140 Å². The van der Waals surface area contributed by atoms with E-state index in [9.17, 15) is 10.2 Å². The van der Waals surface area contributed by atoms with Crippen LogP contribution in [-0.2, 0) is 6.42 Å². The smallest absolute Gasteiger partial charge is 0.231 e. The number of fused-ring (bicyclic) bond motifs is 1. The number of ether oxygens (including phenoxy) is 2. The van der Waals surface area contributed by atoms with Crippen LogP contribution in [0, 0.1) is 0 Å². The number of hydrogen-bond donors (Lipinski definition) is 3. The molecule has 24 heavy (non-hydrogen) atoms. The molecular formula is C18H20N2O4. The Morgan fingerprint density at radius 1 is 1.12 bits per heavy atom. The molecule has 0 aromatic heterocycles. The van der Waals surface area contributed by atoms with Crippen LogP contribution in [0.15, 0.2) is 35.4 Å². The molecule has 6 nitrogen and oxygen atoms in total. The van der Waals surface area contributed by atoms with Crippen molar-refractivity contribution < 1.29 is 19.7 Å². The minimum atomic E-state index is -0.0538. The summed E-state index contributed by atoms with van der Waals surface area (Å²) in [5.74, 6) is 7.06. The van der Waals surface area contributed by atoms with Crippen molar-refractivity contribution in [1.29, 1.82) is 0 Å². The van der Waals surface area contributed by atoms with Crippen LogP contribution in [0.2, 0.25) is 0 Å². The molecule has 0 fully saturated rings. The summed E-state index contributed by atoms with van der Waals surface area (Å²) in [6.07, 6.45) is 0.420.